The Hall–Kier alpha value is -0.610. The topological polar surface area (TPSA) is 55.8 Å². The molecule has 1 heterocycles. The van der Waals surface area contributed by atoms with E-state index in [0.717, 1.165) is 6.42 Å². The summed E-state index contributed by atoms with van der Waals surface area (Å²) in [5.41, 5.74) is -1.06. The number of rotatable bonds is 4. The second-order valence-electron chi connectivity index (χ2n) is 4.73. The summed E-state index contributed by atoms with van der Waals surface area (Å²) in [6, 6.07) is 0. The van der Waals surface area contributed by atoms with Gasteiger partial charge >= 0.3 is 5.97 Å². The minimum Gasteiger partial charge on any atom is -0.466 e. The Labute approximate surface area is 96.9 Å². The minimum absolute atomic E-state index is 0.0470. The van der Waals surface area contributed by atoms with E-state index in [0.29, 0.717) is 19.6 Å². The molecule has 1 aliphatic rings. The van der Waals surface area contributed by atoms with Crippen LogP contribution in [0.1, 0.15) is 33.6 Å². The van der Waals surface area contributed by atoms with Crippen molar-refractivity contribution in [2.45, 2.75) is 39.2 Å². The fourth-order valence-corrected chi connectivity index (χ4v) is 2.39. The summed E-state index contributed by atoms with van der Waals surface area (Å²) in [6.45, 7) is 6.86. The van der Waals surface area contributed by atoms with Crippen molar-refractivity contribution in [1.82, 2.24) is 0 Å². The lowest BCUT2D eigenvalue weighted by atomic mass is 9.76. The molecule has 0 amide bonds. The molecular weight excluding hydrogens is 208 g/mol. The number of hydrogen-bond acceptors (Lipinski definition) is 4. The number of ether oxygens (including phenoxy) is 2. The second-order valence-corrected chi connectivity index (χ2v) is 4.73. The molecule has 0 aliphatic carbocycles. The van der Waals surface area contributed by atoms with E-state index >= 15 is 0 Å². The smallest absolute Gasteiger partial charge is 0.312 e. The maximum Gasteiger partial charge on any atom is 0.312 e. The van der Waals surface area contributed by atoms with Crippen LogP contribution in [0, 0.1) is 11.8 Å². The minimum atomic E-state index is -1.06. The van der Waals surface area contributed by atoms with Crippen LogP contribution in [-0.4, -0.2) is 36.5 Å². The average Bonchev–Trinajstić information content (AvgIpc) is 2.17. The molecule has 16 heavy (non-hydrogen) atoms. The van der Waals surface area contributed by atoms with Gasteiger partial charge in [0.2, 0.25) is 0 Å². The van der Waals surface area contributed by atoms with E-state index in [9.17, 15) is 9.90 Å². The first-order chi connectivity index (χ1) is 7.51. The van der Waals surface area contributed by atoms with Crippen LogP contribution in [0.2, 0.25) is 0 Å². The van der Waals surface area contributed by atoms with Gasteiger partial charge in [-0.25, -0.2) is 0 Å². The van der Waals surface area contributed by atoms with Gasteiger partial charge in [-0.2, -0.15) is 0 Å². The first kappa shape index (κ1) is 13.5. The molecule has 2 atom stereocenters. The van der Waals surface area contributed by atoms with Crippen LogP contribution in [0.3, 0.4) is 0 Å². The van der Waals surface area contributed by atoms with Crippen molar-refractivity contribution in [3.05, 3.63) is 0 Å². The lowest BCUT2D eigenvalue weighted by Gasteiger charge is -2.39. The first-order valence-electron chi connectivity index (χ1n) is 5.98. The van der Waals surface area contributed by atoms with Crippen molar-refractivity contribution >= 4 is 5.97 Å². The fraction of sp³-hybridized carbons (Fsp3) is 0.917. The third kappa shape index (κ3) is 2.95. The number of esters is 1. The molecule has 4 heteroatoms. The molecule has 0 saturated carbocycles. The highest BCUT2D eigenvalue weighted by Crippen LogP contribution is 2.33. The molecule has 1 N–H and O–H groups in total. The Balaban J connectivity index is 2.78. The van der Waals surface area contributed by atoms with Crippen molar-refractivity contribution in [2.75, 3.05) is 19.8 Å². The molecule has 0 bridgehead atoms. The molecule has 1 rings (SSSR count). The normalized spacial score (nSPS) is 27.8. The van der Waals surface area contributed by atoms with Gasteiger partial charge in [0.15, 0.2) is 0 Å². The van der Waals surface area contributed by atoms with E-state index in [1.807, 2.05) is 13.8 Å². The predicted octanol–water partition coefficient (Wildman–Crippen LogP) is 1.36. The van der Waals surface area contributed by atoms with Crippen molar-refractivity contribution in [3.8, 4) is 0 Å². The Bertz CT molecular complexity index is 231. The quantitative estimate of drug-likeness (QED) is 0.741. The summed E-state index contributed by atoms with van der Waals surface area (Å²) in [5, 5.41) is 10.5. The molecule has 0 radical (unpaired) electrons. The Morgan fingerprint density at radius 1 is 1.56 bits per heavy atom. The first-order valence-corrected chi connectivity index (χ1v) is 5.98. The standard InChI is InChI=1S/C12H22O4/c1-4-16-11(13)10(9(2)3)12(14)6-5-7-15-8-12/h9-10,14H,4-8H2,1-3H3. The third-order valence-electron chi connectivity index (χ3n) is 3.04. The molecule has 0 aromatic rings. The van der Waals surface area contributed by atoms with E-state index in [4.69, 9.17) is 9.47 Å². The van der Waals surface area contributed by atoms with Gasteiger partial charge < -0.3 is 14.6 Å². The Morgan fingerprint density at radius 2 is 2.25 bits per heavy atom. The number of carbonyl (C=O) groups excluding carboxylic acids is 1. The van der Waals surface area contributed by atoms with Crippen LogP contribution < -0.4 is 0 Å². The zero-order valence-corrected chi connectivity index (χ0v) is 10.4. The van der Waals surface area contributed by atoms with Crippen LogP contribution in [0.25, 0.3) is 0 Å². The molecule has 0 aromatic carbocycles. The maximum absolute atomic E-state index is 11.9. The summed E-state index contributed by atoms with van der Waals surface area (Å²) >= 11 is 0. The Kier molecular flexibility index (Phi) is 4.74. The summed E-state index contributed by atoms with van der Waals surface area (Å²) in [4.78, 5) is 11.9. The van der Waals surface area contributed by atoms with Crippen molar-refractivity contribution in [2.24, 2.45) is 11.8 Å². The van der Waals surface area contributed by atoms with Gasteiger partial charge in [0.1, 0.15) is 5.60 Å². The molecule has 0 spiro atoms. The molecule has 1 saturated heterocycles. The predicted molar refractivity (Wildman–Crippen MR) is 60.0 cm³/mol. The van der Waals surface area contributed by atoms with Crippen LogP contribution in [0.15, 0.2) is 0 Å². The van der Waals surface area contributed by atoms with Crippen molar-refractivity contribution < 1.29 is 19.4 Å². The monoisotopic (exact) mass is 230 g/mol. The fourth-order valence-electron chi connectivity index (χ4n) is 2.39. The number of carbonyl (C=O) groups is 1. The molecule has 1 fully saturated rings. The highest BCUT2D eigenvalue weighted by atomic mass is 16.5. The van der Waals surface area contributed by atoms with E-state index in [1.54, 1.807) is 6.92 Å². The molecule has 4 nitrogen and oxygen atoms in total. The van der Waals surface area contributed by atoms with Crippen LogP contribution in [0.5, 0.6) is 0 Å². The molecule has 94 valence electrons. The van der Waals surface area contributed by atoms with E-state index in [2.05, 4.69) is 0 Å². The Morgan fingerprint density at radius 3 is 2.69 bits per heavy atom. The second kappa shape index (κ2) is 5.64. The van der Waals surface area contributed by atoms with Crippen LogP contribution >= 0.6 is 0 Å². The van der Waals surface area contributed by atoms with E-state index < -0.39 is 11.5 Å². The number of hydrogen-bond donors (Lipinski definition) is 1. The van der Waals surface area contributed by atoms with Gasteiger partial charge in [0.25, 0.3) is 0 Å². The van der Waals surface area contributed by atoms with E-state index in [1.165, 1.54) is 0 Å². The zero-order valence-electron chi connectivity index (χ0n) is 10.4. The lowest BCUT2D eigenvalue weighted by Crippen LogP contribution is -2.51. The zero-order chi connectivity index (χ0) is 12.2. The average molecular weight is 230 g/mol. The molecule has 1 aliphatic heterocycles. The van der Waals surface area contributed by atoms with Gasteiger partial charge in [-0.3, -0.25) is 4.79 Å². The highest BCUT2D eigenvalue weighted by molar-refractivity contribution is 5.74. The van der Waals surface area contributed by atoms with Gasteiger partial charge in [-0.15, -0.1) is 0 Å². The lowest BCUT2D eigenvalue weighted by molar-refractivity contribution is -0.175. The van der Waals surface area contributed by atoms with E-state index in [-0.39, 0.29) is 18.5 Å². The van der Waals surface area contributed by atoms with Crippen molar-refractivity contribution in [3.63, 3.8) is 0 Å². The summed E-state index contributed by atoms with van der Waals surface area (Å²) in [6.07, 6.45) is 1.40. The molecular formula is C12H22O4. The summed E-state index contributed by atoms with van der Waals surface area (Å²) in [7, 11) is 0. The largest absolute Gasteiger partial charge is 0.466 e. The molecule has 0 aromatic heterocycles. The van der Waals surface area contributed by atoms with Gasteiger partial charge in [-0.1, -0.05) is 13.8 Å². The van der Waals surface area contributed by atoms with Gasteiger partial charge in [0, 0.05) is 6.61 Å². The molecule has 2 unspecified atom stereocenters. The SMILES string of the molecule is CCOC(=O)C(C(C)C)C1(O)CCCOC1. The highest BCUT2D eigenvalue weighted by Gasteiger charge is 2.45. The summed E-state index contributed by atoms with van der Waals surface area (Å²) < 4.78 is 10.3. The van der Waals surface area contributed by atoms with Crippen molar-refractivity contribution in [1.29, 1.82) is 0 Å². The van der Waals surface area contributed by atoms with Gasteiger partial charge in [-0.05, 0) is 25.7 Å². The third-order valence-corrected chi connectivity index (χ3v) is 3.04. The maximum atomic E-state index is 11.9. The van der Waals surface area contributed by atoms with Crippen LogP contribution in [-0.2, 0) is 14.3 Å². The van der Waals surface area contributed by atoms with Gasteiger partial charge in [0.05, 0.1) is 19.1 Å². The van der Waals surface area contributed by atoms with Crippen LogP contribution in [0.4, 0.5) is 0 Å². The number of aliphatic hydroxyl groups is 1. The summed E-state index contributed by atoms with van der Waals surface area (Å²) in [5.74, 6) is -0.760.